The Kier molecular flexibility index (Phi) is 5.50. The van der Waals surface area contributed by atoms with Crippen molar-refractivity contribution in [3.8, 4) is 0 Å². The first-order valence-electron chi connectivity index (χ1n) is 6.52. The van der Waals surface area contributed by atoms with E-state index in [1.165, 1.54) is 6.07 Å². The Bertz CT molecular complexity index is 766. The van der Waals surface area contributed by atoms with E-state index >= 15 is 0 Å². The molecule has 3 nitrogen and oxygen atoms in total. The maximum Gasteiger partial charge on any atom is 0.215 e. The third-order valence-electron chi connectivity index (χ3n) is 3.02. The van der Waals surface area contributed by atoms with Crippen LogP contribution in [0.3, 0.4) is 0 Å². The zero-order valence-electron chi connectivity index (χ0n) is 11.5. The summed E-state index contributed by atoms with van der Waals surface area (Å²) in [4.78, 5) is 0. The predicted octanol–water partition coefficient (Wildman–Crippen LogP) is 3.28. The monoisotopic (exact) mass is 345 g/mol. The van der Waals surface area contributed by atoms with E-state index in [9.17, 15) is 17.2 Å². The molecule has 0 unspecified atom stereocenters. The van der Waals surface area contributed by atoms with Gasteiger partial charge in [0.15, 0.2) is 11.6 Å². The minimum Gasteiger partial charge on any atom is -0.215 e. The Morgan fingerprint density at radius 3 is 2.45 bits per heavy atom. The second kappa shape index (κ2) is 7.17. The van der Waals surface area contributed by atoms with Crippen molar-refractivity contribution in [1.29, 1.82) is 0 Å². The van der Waals surface area contributed by atoms with Crippen molar-refractivity contribution < 1.29 is 17.2 Å². The lowest BCUT2D eigenvalue weighted by Gasteiger charge is -2.08. The summed E-state index contributed by atoms with van der Waals surface area (Å²) in [5.41, 5.74) is 1.02. The highest BCUT2D eigenvalue weighted by Crippen LogP contribution is 2.17. The molecule has 0 radical (unpaired) electrons. The second-order valence-electron chi connectivity index (χ2n) is 4.74. The molecular weight excluding hydrogens is 332 g/mol. The van der Waals surface area contributed by atoms with Crippen molar-refractivity contribution in [2.24, 2.45) is 0 Å². The lowest BCUT2D eigenvalue weighted by molar-refractivity contribution is 0.507. The van der Waals surface area contributed by atoms with Crippen LogP contribution in [0.4, 0.5) is 8.78 Å². The van der Waals surface area contributed by atoms with E-state index < -0.39 is 21.7 Å². The molecule has 0 heterocycles. The number of rotatable bonds is 6. The number of nitrogens with one attached hydrogen (secondary N) is 1. The topological polar surface area (TPSA) is 46.2 Å². The average molecular weight is 346 g/mol. The van der Waals surface area contributed by atoms with Gasteiger partial charge in [0, 0.05) is 11.6 Å². The van der Waals surface area contributed by atoms with E-state index in [0.29, 0.717) is 16.1 Å². The molecule has 0 bridgehead atoms. The van der Waals surface area contributed by atoms with E-state index in [2.05, 4.69) is 4.72 Å². The largest absolute Gasteiger partial charge is 0.215 e. The fraction of sp³-hybridized carbons (Fsp3) is 0.200. The molecule has 0 atom stereocenters. The predicted molar refractivity (Wildman–Crippen MR) is 82.1 cm³/mol. The standard InChI is InChI=1S/C15H14ClF2NO2S/c16-13-4-2-1-3-12(13)10-22(20,21)19-8-7-11-5-6-14(17)15(18)9-11/h1-6,9,19H,7-8,10H2. The summed E-state index contributed by atoms with van der Waals surface area (Å²) in [7, 11) is -3.55. The molecule has 22 heavy (non-hydrogen) atoms. The van der Waals surface area contributed by atoms with Gasteiger partial charge in [0.05, 0.1) is 5.75 Å². The first-order chi connectivity index (χ1) is 10.4. The van der Waals surface area contributed by atoms with Crippen LogP contribution in [0.2, 0.25) is 5.02 Å². The van der Waals surface area contributed by atoms with Gasteiger partial charge in [0.2, 0.25) is 10.0 Å². The van der Waals surface area contributed by atoms with Gasteiger partial charge in [-0.1, -0.05) is 35.9 Å². The molecule has 0 aliphatic heterocycles. The molecule has 2 aromatic rings. The molecule has 0 saturated carbocycles. The van der Waals surface area contributed by atoms with Gasteiger partial charge in [-0.05, 0) is 35.7 Å². The van der Waals surface area contributed by atoms with E-state index in [4.69, 9.17) is 11.6 Å². The number of hydrogen-bond acceptors (Lipinski definition) is 2. The summed E-state index contributed by atoms with van der Waals surface area (Å²) in [6, 6.07) is 10.2. The van der Waals surface area contributed by atoms with Crippen molar-refractivity contribution in [3.05, 3.63) is 70.2 Å². The van der Waals surface area contributed by atoms with Crippen LogP contribution in [-0.4, -0.2) is 15.0 Å². The summed E-state index contributed by atoms with van der Waals surface area (Å²) in [5.74, 6) is -2.11. The minimum atomic E-state index is -3.55. The first kappa shape index (κ1) is 16.9. The van der Waals surface area contributed by atoms with E-state index in [1.54, 1.807) is 24.3 Å². The molecule has 2 rings (SSSR count). The molecule has 0 fully saturated rings. The molecule has 0 aromatic heterocycles. The van der Waals surface area contributed by atoms with Gasteiger partial charge in [0.25, 0.3) is 0 Å². The van der Waals surface area contributed by atoms with Crippen LogP contribution in [0.1, 0.15) is 11.1 Å². The van der Waals surface area contributed by atoms with Crippen molar-refractivity contribution >= 4 is 21.6 Å². The summed E-state index contributed by atoms with van der Waals surface area (Å²) >= 11 is 5.92. The van der Waals surface area contributed by atoms with Gasteiger partial charge < -0.3 is 0 Å². The summed E-state index contributed by atoms with van der Waals surface area (Å²) in [6.45, 7) is 0.0951. The van der Waals surface area contributed by atoms with E-state index in [-0.39, 0.29) is 18.7 Å². The summed E-state index contributed by atoms with van der Waals surface area (Å²) < 4.78 is 52.2. The molecule has 7 heteroatoms. The highest BCUT2D eigenvalue weighted by atomic mass is 35.5. The Labute approximate surface area is 133 Å². The molecule has 118 valence electrons. The Morgan fingerprint density at radius 2 is 1.77 bits per heavy atom. The van der Waals surface area contributed by atoms with Gasteiger partial charge in [-0.3, -0.25) is 0 Å². The lowest BCUT2D eigenvalue weighted by atomic mass is 10.1. The lowest BCUT2D eigenvalue weighted by Crippen LogP contribution is -2.27. The average Bonchev–Trinajstić information content (AvgIpc) is 2.45. The minimum absolute atomic E-state index is 0.0951. The van der Waals surface area contributed by atoms with Crippen molar-refractivity contribution in [3.63, 3.8) is 0 Å². The van der Waals surface area contributed by atoms with Crippen LogP contribution in [-0.2, 0) is 22.2 Å². The van der Waals surface area contributed by atoms with Gasteiger partial charge in [-0.25, -0.2) is 21.9 Å². The SMILES string of the molecule is O=S(=O)(Cc1ccccc1Cl)NCCc1ccc(F)c(F)c1. The zero-order valence-corrected chi connectivity index (χ0v) is 13.1. The molecule has 0 aliphatic rings. The van der Waals surface area contributed by atoms with E-state index in [0.717, 1.165) is 12.1 Å². The van der Waals surface area contributed by atoms with Crippen molar-refractivity contribution in [2.45, 2.75) is 12.2 Å². The second-order valence-corrected chi connectivity index (χ2v) is 6.96. The van der Waals surface area contributed by atoms with Gasteiger partial charge >= 0.3 is 0 Å². The third-order valence-corrected chi connectivity index (χ3v) is 4.73. The van der Waals surface area contributed by atoms with Crippen LogP contribution in [0, 0.1) is 11.6 Å². The maximum absolute atomic E-state index is 13.0. The Hall–Kier alpha value is -1.50. The van der Waals surface area contributed by atoms with Crippen molar-refractivity contribution in [2.75, 3.05) is 6.54 Å². The molecule has 0 saturated heterocycles. The number of hydrogen-bond donors (Lipinski definition) is 1. The number of sulfonamides is 1. The fourth-order valence-corrected chi connectivity index (χ4v) is 3.38. The van der Waals surface area contributed by atoms with Gasteiger partial charge in [-0.15, -0.1) is 0 Å². The van der Waals surface area contributed by atoms with Crippen LogP contribution in [0.15, 0.2) is 42.5 Å². The quantitative estimate of drug-likeness (QED) is 0.873. The molecular formula is C15H14ClF2NO2S. The Morgan fingerprint density at radius 1 is 1.05 bits per heavy atom. The van der Waals surface area contributed by atoms with Crippen LogP contribution in [0.5, 0.6) is 0 Å². The summed E-state index contributed by atoms with van der Waals surface area (Å²) in [5, 5.41) is 0.383. The third kappa shape index (κ3) is 4.76. The summed E-state index contributed by atoms with van der Waals surface area (Å²) in [6.07, 6.45) is 0.263. The highest BCUT2D eigenvalue weighted by molar-refractivity contribution is 7.88. The number of halogens is 3. The van der Waals surface area contributed by atoms with Crippen LogP contribution >= 0.6 is 11.6 Å². The molecule has 0 aliphatic carbocycles. The normalized spacial score (nSPS) is 11.6. The number of benzene rings is 2. The molecule has 1 N–H and O–H groups in total. The van der Waals surface area contributed by atoms with Crippen LogP contribution in [0.25, 0.3) is 0 Å². The zero-order chi connectivity index (χ0) is 16.2. The van der Waals surface area contributed by atoms with E-state index in [1.807, 2.05) is 0 Å². The van der Waals surface area contributed by atoms with Crippen LogP contribution < -0.4 is 4.72 Å². The Balaban J connectivity index is 1.92. The van der Waals surface area contributed by atoms with Gasteiger partial charge in [-0.2, -0.15) is 0 Å². The molecule has 0 amide bonds. The highest BCUT2D eigenvalue weighted by Gasteiger charge is 2.13. The first-order valence-corrected chi connectivity index (χ1v) is 8.55. The van der Waals surface area contributed by atoms with Gasteiger partial charge in [0.1, 0.15) is 0 Å². The molecule has 0 spiro atoms. The molecule has 2 aromatic carbocycles. The maximum atomic E-state index is 13.0. The van der Waals surface area contributed by atoms with Crippen molar-refractivity contribution in [1.82, 2.24) is 4.72 Å². The fourth-order valence-electron chi connectivity index (χ4n) is 1.92. The smallest absolute Gasteiger partial charge is 0.215 e.